The summed E-state index contributed by atoms with van der Waals surface area (Å²) in [5.41, 5.74) is 0.817. The Balaban J connectivity index is 2.61. The summed E-state index contributed by atoms with van der Waals surface area (Å²) in [4.78, 5) is 46.0. The number of benzene rings is 1. The van der Waals surface area contributed by atoms with Crippen LogP contribution in [0.15, 0.2) is 18.2 Å². The summed E-state index contributed by atoms with van der Waals surface area (Å²) in [6.45, 7) is 1.80. The van der Waals surface area contributed by atoms with E-state index >= 15 is 0 Å². The van der Waals surface area contributed by atoms with Crippen molar-refractivity contribution in [2.45, 2.75) is 45.4 Å². The van der Waals surface area contributed by atoms with Crippen LogP contribution in [0.5, 0.6) is 11.5 Å². The molecular formula is C19H24O8. The number of methoxy groups -OCH3 is 2. The lowest BCUT2D eigenvalue weighted by Crippen LogP contribution is -2.13. The van der Waals surface area contributed by atoms with Gasteiger partial charge < -0.3 is 18.9 Å². The summed E-state index contributed by atoms with van der Waals surface area (Å²) in [6.07, 6.45) is 0.855. The van der Waals surface area contributed by atoms with Crippen LogP contribution in [0, 0.1) is 6.92 Å². The van der Waals surface area contributed by atoms with E-state index in [1.54, 1.807) is 19.1 Å². The normalized spacial score (nSPS) is 10.0. The molecule has 0 spiro atoms. The lowest BCUT2D eigenvalue weighted by molar-refractivity contribution is -0.142. The van der Waals surface area contributed by atoms with Crippen LogP contribution in [0.3, 0.4) is 0 Å². The SMILES string of the molecule is COC(=O)CCCC(=O)Oc1ccc(C)cc1OC(=O)CCCC(=O)OC. The molecular weight excluding hydrogens is 356 g/mol. The van der Waals surface area contributed by atoms with E-state index in [4.69, 9.17) is 9.47 Å². The lowest BCUT2D eigenvalue weighted by atomic mass is 10.2. The molecule has 0 fully saturated rings. The average molecular weight is 380 g/mol. The highest BCUT2D eigenvalue weighted by Crippen LogP contribution is 2.29. The molecule has 0 aliphatic heterocycles. The van der Waals surface area contributed by atoms with Crippen molar-refractivity contribution >= 4 is 23.9 Å². The van der Waals surface area contributed by atoms with Gasteiger partial charge in [0.05, 0.1) is 14.2 Å². The molecule has 0 atom stereocenters. The van der Waals surface area contributed by atoms with Crippen molar-refractivity contribution in [3.05, 3.63) is 23.8 Å². The molecule has 8 heteroatoms. The standard InChI is InChI=1S/C19H24O8/c1-13-10-11-14(26-18(22)8-4-6-16(20)24-2)15(12-13)27-19(23)9-5-7-17(21)25-3/h10-12H,4-9H2,1-3H3. The second-order valence-corrected chi connectivity index (χ2v) is 5.76. The molecule has 0 saturated heterocycles. The quantitative estimate of drug-likeness (QED) is 0.450. The zero-order valence-electron chi connectivity index (χ0n) is 15.7. The second-order valence-electron chi connectivity index (χ2n) is 5.76. The number of aryl methyl sites for hydroxylation is 1. The monoisotopic (exact) mass is 380 g/mol. The number of carbonyl (C=O) groups excluding carboxylic acids is 4. The van der Waals surface area contributed by atoms with E-state index in [9.17, 15) is 19.2 Å². The predicted molar refractivity (Wildman–Crippen MR) is 94.2 cm³/mol. The van der Waals surface area contributed by atoms with Gasteiger partial charge in [-0.15, -0.1) is 0 Å². The summed E-state index contributed by atoms with van der Waals surface area (Å²) < 4.78 is 19.5. The Labute approximate surface area is 157 Å². The van der Waals surface area contributed by atoms with Crippen molar-refractivity contribution < 1.29 is 38.1 Å². The number of esters is 4. The largest absolute Gasteiger partial charge is 0.469 e. The van der Waals surface area contributed by atoms with E-state index in [-0.39, 0.29) is 37.2 Å². The van der Waals surface area contributed by atoms with Crippen LogP contribution in [-0.4, -0.2) is 38.1 Å². The molecule has 0 radical (unpaired) electrons. The molecule has 0 saturated carbocycles. The van der Waals surface area contributed by atoms with Gasteiger partial charge in [-0.1, -0.05) is 6.07 Å². The summed E-state index contributed by atoms with van der Waals surface area (Å²) in [5.74, 6) is -1.66. The molecule has 1 rings (SSSR count). The van der Waals surface area contributed by atoms with Gasteiger partial charge in [0, 0.05) is 25.7 Å². The van der Waals surface area contributed by atoms with Gasteiger partial charge >= 0.3 is 23.9 Å². The first-order chi connectivity index (χ1) is 12.8. The summed E-state index contributed by atoms with van der Waals surface area (Å²) in [5, 5.41) is 0. The lowest BCUT2D eigenvalue weighted by Gasteiger charge is -2.11. The third-order valence-electron chi connectivity index (χ3n) is 3.53. The predicted octanol–water partition coefficient (Wildman–Crippen LogP) is 2.49. The molecule has 1 aromatic rings. The van der Waals surface area contributed by atoms with Gasteiger partial charge in [-0.2, -0.15) is 0 Å². The molecule has 0 N–H and O–H groups in total. The van der Waals surface area contributed by atoms with Gasteiger partial charge in [0.2, 0.25) is 0 Å². The maximum atomic E-state index is 11.9. The Morgan fingerprint density at radius 3 is 1.63 bits per heavy atom. The van der Waals surface area contributed by atoms with Crippen molar-refractivity contribution in [3.63, 3.8) is 0 Å². The van der Waals surface area contributed by atoms with E-state index in [2.05, 4.69) is 9.47 Å². The molecule has 148 valence electrons. The van der Waals surface area contributed by atoms with Gasteiger partial charge in [0.1, 0.15) is 0 Å². The summed E-state index contributed by atoms with van der Waals surface area (Å²) >= 11 is 0. The Hall–Kier alpha value is -2.90. The first-order valence-corrected chi connectivity index (χ1v) is 8.51. The molecule has 0 unspecified atom stereocenters. The van der Waals surface area contributed by atoms with Crippen molar-refractivity contribution in [1.82, 2.24) is 0 Å². The molecule has 27 heavy (non-hydrogen) atoms. The fourth-order valence-corrected chi connectivity index (χ4v) is 2.08. The first-order valence-electron chi connectivity index (χ1n) is 8.51. The fourth-order valence-electron chi connectivity index (χ4n) is 2.08. The minimum absolute atomic E-state index is 0.0233. The number of rotatable bonds is 10. The minimum atomic E-state index is -0.550. The highest BCUT2D eigenvalue weighted by molar-refractivity contribution is 5.77. The molecule has 8 nitrogen and oxygen atoms in total. The topological polar surface area (TPSA) is 105 Å². The van der Waals surface area contributed by atoms with Crippen LogP contribution in [0.25, 0.3) is 0 Å². The van der Waals surface area contributed by atoms with Gasteiger partial charge in [0.25, 0.3) is 0 Å². The molecule has 0 aliphatic rings. The number of carbonyl (C=O) groups is 4. The van der Waals surface area contributed by atoms with E-state index in [0.29, 0.717) is 12.8 Å². The van der Waals surface area contributed by atoms with Crippen molar-refractivity contribution in [1.29, 1.82) is 0 Å². The van der Waals surface area contributed by atoms with Crippen LogP contribution in [0.4, 0.5) is 0 Å². The van der Waals surface area contributed by atoms with E-state index in [0.717, 1.165) is 5.56 Å². The van der Waals surface area contributed by atoms with E-state index in [1.165, 1.54) is 20.3 Å². The summed E-state index contributed by atoms with van der Waals surface area (Å²) in [6, 6.07) is 4.82. The van der Waals surface area contributed by atoms with Gasteiger partial charge in [0.15, 0.2) is 11.5 Å². The second kappa shape index (κ2) is 11.7. The average Bonchev–Trinajstić information content (AvgIpc) is 2.63. The smallest absolute Gasteiger partial charge is 0.311 e. The first kappa shape index (κ1) is 22.1. The molecule has 0 amide bonds. The van der Waals surface area contributed by atoms with Crippen molar-refractivity contribution in [2.75, 3.05) is 14.2 Å². The third-order valence-corrected chi connectivity index (χ3v) is 3.53. The van der Waals surface area contributed by atoms with E-state index < -0.39 is 23.9 Å². The zero-order chi connectivity index (χ0) is 20.2. The van der Waals surface area contributed by atoms with Crippen LogP contribution in [0.1, 0.15) is 44.1 Å². The third kappa shape index (κ3) is 8.84. The number of hydrogen-bond acceptors (Lipinski definition) is 8. The van der Waals surface area contributed by atoms with Crippen LogP contribution in [0.2, 0.25) is 0 Å². The maximum absolute atomic E-state index is 11.9. The molecule has 0 heterocycles. The van der Waals surface area contributed by atoms with Crippen LogP contribution in [-0.2, 0) is 28.7 Å². The minimum Gasteiger partial charge on any atom is -0.469 e. The molecule has 0 aliphatic carbocycles. The van der Waals surface area contributed by atoms with Gasteiger partial charge in [-0.05, 0) is 37.5 Å². The summed E-state index contributed by atoms with van der Waals surface area (Å²) in [7, 11) is 2.55. The molecule has 0 aromatic heterocycles. The Morgan fingerprint density at radius 1 is 0.704 bits per heavy atom. The Bertz CT molecular complexity index is 680. The van der Waals surface area contributed by atoms with Crippen molar-refractivity contribution in [2.24, 2.45) is 0 Å². The highest BCUT2D eigenvalue weighted by atomic mass is 16.6. The molecule has 0 bridgehead atoms. The highest BCUT2D eigenvalue weighted by Gasteiger charge is 2.15. The van der Waals surface area contributed by atoms with E-state index in [1.807, 2.05) is 0 Å². The van der Waals surface area contributed by atoms with Crippen LogP contribution >= 0.6 is 0 Å². The molecule has 1 aromatic carbocycles. The number of hydrogen-bond donors (Lipinski definition) is 0. The Kier molecular flexibility index (Phi) is 9.57. The maximum Gasteiger partial charge on any atom is 0.311 e. The van der Waals surface area contributed by atoms with Gasteiger partial charge in [-0.25, -0.2) is 0 Å². The number of ether oxygens (including phenoxy) is 4. The Morgan fingerprint density at radius 2 is 1.15 bits per heavy atom. The van der Waals surface area contributed by atoms with Gasteiger partial charge in [-0.3, -0.25) is 19.2 Å². The van der Waals surface area contributed by atoms with Crippen LogP contribution < -0.4 is 9.47 Å². The fraction of sp³-hybridized carbons (Fsp3) is 0.474. The van der Waals surface area contributed by atoms with Crippen molar-refractivity contribution in [3.8, 4) is 11.5 Å². The zero-order valence-corrected chi connectivity index (χ0v) is 15.7.